The predicted octanol–water partition coefficient (Wildman–Crippen LogP) is 2.61. The van der Waals surface area contributed by atoms with E-state index in [9.17, 15) is 9.59 Å². The van der Waals surface area contributed by atoms with Crippen molar-refractivity contribution in [3.63, 3.8) is 0 Å². The van der Waals surface area contributed by atoms with Gasteiger partial charge in [-0.05, 0) is 38.0 Å². The highest BCUT2D eigenvalue weighted by Crippen LogP contribution is 2.27. The maximum atomic E-state index is 12.8. The van der Waals surface area contributed by atoms with Gasteiger partial charge in [0.2, 0.25) is 5.91 Å². The van der Waals surface area contributed by atoms with E-state index in [2.05, 4.69) is 19.1 Å². The molecule has 21 heavy (non-hydrogen) atoms. The Bertz CT molecular complexity index is 551. The van der Waals surface area contributed by atoms with Gasteiger partial charge in [0.1, 0.15) is 5.54 Å². The molecule has 0 spiro atoms. The molecule has 1 aliphatic heterocycles. The van der Waals surface area contributed by atoms with Crippen molar-refractivity contribution in [3.05, 3.63) is 29.8 Å². The van der Waals surface area contributed by atoms with Gasteiger partial charge < -0.3 is 9.80 Å². The van der Waals surface area contributed by atoms with Crippen molar-refractivity contribution in [2.24, 2.45) is 0 Å². The lowest BCUT2D eigenvalue weighted by Crippen LogP contribution is -2.64. The molecule has 0 unspecified atom stereocenters. The number of nitrogens with zero attached hydrogens (tertiary/aromatic N) is 2. The topological polar surface area (TPSA) is 40.6 Å². The van der Waals surface area contributed by atoms with E-state index in [1.807, 2.05) is 26.0 Å². The lowest BCUT2D eigenvalue weighted by molar-refractivity contribution is -0.145. The summed E-state index contributed by atoms with van der Waals surface area (Å²) in [7, 11) is 0. The molecular weight excluding hydrogens is 264 g/mol. The van der Waals surface area contributed by atoms with Gasteiger partial charge in [-0.25, -0.2) is 0 Å². The molecule has 4 heteroatoms. The van der Waals surface area contributed by atoms with E-state index in [0.717, 1.165) is 18.5 Å². The minimum atomic E-state index is -0.787. The minimum absolute atomic E-state index is 0.0161. The predicted molar refractivity (Wildman–Crippen MR) is 84.3 cm³/mol. The normalized spacial score (nSPS) is 18.0. The van der Waals surface area contributed by atoms with E-state index >= 15 is 0 Å². The Morgan fingerprint density at radius 3 is 2.62 bits per heavy atom. The SMILES string of the molecule is CCCc1cccc(N2CCN(C(C)=O)C(C)(C)C2=O)c1. The Morgan fingerprint density at radius 2 is 2.00 bits per heavy atom. The number of benzene rings is 1. The van der Waals surface area contributed by atoms with Gasteiger partial charge in [0.25, 0.3) is 5.91 Å². The van der Waals surface area contributed by atoms with Gasteiger partial charge >= 0.3 is 0 Å². The molecule has 0 bridgehead atoms. The first kappa shape index (κ1) is 15.5. The van der Waals surface area contributed by atoms with E-state index in [1.54, 1.807) is 9.80 Å². The van der Waals surface area contributed by atoms with Crippen LogP contribution in [-0.4, -0.2) is 35.3 Å². The van der Waals surface area contributed by atoms with Crippen molar-refractivity contribution in [2.75, 3.05) is 18.0 Å². The largest absolute Gasteiger partial charge is 0.327 e. The molecule has 0 radical (unpaired) electrons. The summed E-state index contributed by atoms with van der Waals surface area (Å²) in [5, 5.41) is 0. The third kappa shape index (κ3) is 2.94. The van der Waals surface area contributed by atoms with E-state index in [-0.39, 0.29) is 11.8 Å². The van der Waals surface area contributed by atoms with Crippen molar-refractivity contribution in [1.29, 1.82) is 0 Å². The summed E-state index contributed by atoms with van der Waals surface area (Å²) in [6, 6.07) is 8.14. The fourth-order valence-electron chi connectivity index (χ4n) is 2.99. The van der Waals surface area contributed by atoms with E-state index in [0.29, 0.717) is 13.1 Å². The van der Waals surface area contributed by atoms with Crippen LogP contribution in [0.15, 0.2) is 24.3 Å². The summed E-state index contributed by atoms with van der Waals surface area (Å²) >= 11 is 0. The van der Waals surface area contributed by atoms with Gasteiger partial charge in [-0.1, -0.05) is 25.5 Å². The Hall–Kier alpha value is -1.84. The van der Waals surface area contributed by atoms with Crippen LogP contribution >= 0.6 is 0 Å². The lowest BCUT2D eigenvalue weighted by Gasteiger charge is -2.45. The Labute approximate surface area is 126 Å². The second-order valence-electron chi connectivity index (χ2n) is 6.11. The smallest absolute Gasteiger partial charge is 0.252 e. The van der Waals surface area contributed by atoms with E-state index < -0.39 is 5.54 Å². The number of aryl methyl sites for hydroxylation is 1. The number of carbonyl (C=O) groups excluding carboxylic acids is 2. The first-order chi connectivity index (χ1) is 9.87. The first-order valence-corrected chi connectivity index (χ1v) is 7.57. The molecule has 0 aromatic heterocycles. The maximum absolute atomic E-state index is 12.8. The molecule has 0 atom stereocenters. The molecule has 0 saturated carbocycles. The van der Waals surface area contributed by atoms with Crippen LogP contribution in [0, 0.1) is 0 Å². The van der Waals surface area contributed by atoms with Crippen molar-refractivity contribution in [1.82, 2.24) is 4.90 Å². The van der Waals surface area contributed by atoms with Crippen LogP contribution in [-0.2, 0) is 16.0 Å². The third-order valence-electron chi connectivity index (χ3n) is 4.13. The van der Waals surface area contributed by atoms with Gasteiger partial charge in [0, 0.05) is 25.7 Å². The van der Waals surface area contributed by atoms with E-state index in [4.69, 9.17) is 0 Å². The number of carbonyl (C=O) groups is 2. The number of anilines is 1. The van der Waals surface area contributed by atoms with Crippen LogP contribution in [0.5, 0.6) is 0 Å². The highest BCUT2D eigenvalue weighted by atomic mass is 16.2. The fourth-order valence-corrected chi connectivity index (χ4v) is 2.99. The molecule has 1 aliphatic rings. The molecule has 1 heterocycles. The number of hydrogen-bond donors (Lipinski definition) is 0. The van der Waals surface area contributed by atoms with Gasteiger partial charge in [0.15, 0.2) is 0 Å². The molecule has 1 aromatic rings. The molecule has 2 rings (SSSR count). The second-order valence-corrected chi connectivity index (χ2v) is 6.11. The van der Waals surface area contributed by atoms with Crippen molar-refractivity contribution in [2.45, 2.75) is 46.1 Å². The van der Waals surface area contributed by atoms with Crippen molar-refractivity contribution < 1.29 is 9.59 Å². The molecule has 4 nitrogen and oxygen atoms in total. The lowest BCUT2D eigenvalue weighted by atomic mass is 9.96. The maximum Gasteiger partial charge on any atom is 0.252 e. The van der Waals surface area contributed by atoms with Crippen LogP contribution in [0.1, 0.15) is 39.7 Å². The standard InChI is InChI=1S/C17H24N2O2/c1-5-7-14-8-6-9-15(12-14)18-10-11-19(13(2)20)17(3,4)16(18)21/h6,8-9,12H,5,7,10-11H2,1-4H3. The van der Waals surface area contributed by atoms with Crippen LogP contribution < -0.4 is 4.90 Å². The summed E-state index contributed by atoms with van der Waals surface area (Å²) < 4.78 is 0. The second kappa shape index (κ2) is 5.88. The molecule has 2 amide bonds. The van der Waals surface area contributed by atoms with Gasteiger partial charge in [-0.15, -0.1) is 0 Å². The highest BCUT2D eigenvalue weighted by Gasteiger charge is 2.43. The number of rotatable bonds is 3. The zero-order valence-electron chi connectivity index (χ0n) is 13.3. The zero-order valence-corrected chi connectivity index (χ0v) is 13.3. The Kier molecular flexibility index (Phi) is 4.35. The minimum Gasteiger partial charge on any atom is -0.327 e. The quantitative estimate of drug-likeness (QED) is 0.858. The molecular formula is C17H24N2O2. The molecule has 1 saturated heterocycles. The number of piperazine rings is 1. The molecule has 114 valence electrons. The summed E-state index contributed by atoms with van der Waals surface area (Å²) in [6.07, 6.45) is 2.10. The van der Waals surface area contributed by atoms with Gasteiger partial charge in [-0.2, -0.15) is 0 Å². The van der Waals surface area contributed by atoms with Crippen LogP contribution in [0.25, 0.3) is 0 Å². The zero-order chi connectivity index (χ0) is 15.6. The van der Waals surface area contributed by atoms with Crippen molar-refractivity contribution >= 4 is 17.5 Å². The van der Waals surface area contributed by atoms with Crippen LogP contribution in [0.4, 0.5) is 5.69 Å². The Balaban J connectivity index is 2.28. The van der Waals surface area contributed by atoms with Crippen LogP contribution in [0.2, 0.25) is 0 Å². The van der Waals surface area contributed by atoms with Gasteiger partial charge in [0.05, 0.1) is 0 Å². The highest BCUT2D eigenvalue weighted by molar-refractivity contribution is 6.02. The van der Waals surface area contributed by atoms with E-state index in [1.165, 1.54) is 12.5 Å². The van der Waals surface area contributed by atoms with Crippen LogP contribution in [0.3, 0.4) is 0 Å². The van der Waals surface area contributed by atoms with Gasteiger partial charge in [-0.3, -0.25) is 9.59 Å². The summed E-state index contributed by atoms with van der Waals surface area (Å²) in [5.41, 5.74) is 1.39. The summed E-state index contributed by atoms with van der Waals surface area (Å²) in [5.74, 6) is -0.0645. The van der Waals surface area contributed by atoms with Crippen molar-refractivity contribution in [3.8, 4) is 0 Å². The number of hydrogen-bond acceptors (Lipinski definition) is 2. The fraction of sp³-hybridized carbons (Fsp3) is 0.529. The molecule has 1 fully saturated rings. The average molecular weight is 288 g/mol. The summed E-state index contributed by atoms with van der Waals surface area (Å²) in [4.78, 5) is 27.9. The number of amides is 2. The molecule has 0 N–H and O–H groups in total. The molecule has 0 aliphatic carbocycles. The molecule has 1 aromatic carbocycles. The average Bonchev–Trinajstić information content (AvgIpc) is 2.42. The first-order valence-electron chi connectivity index (χ1n) is 7.57. The third-order valence-corrected chi connectivity index (χ3v) is 4.13. The monoisotopic (exact) mass is 288 g/mol. The summed E-state index contributed by atoms with van der Waals surface area (Å²) in [6.45, 7) is 8.43. The Morgan fingerprint density at radius 1 is 1.29 bits per heavy atom.